The molecule has 0 radical (unpaired) electrons. The number of hydrogen-bond acceptors (Lipinski definition) is 6. The Morgan fingerprint density at radius 1 is 1.07 bits per heavy atom. The number of hydrogen-bond donors (Lipinski definition) is 3. The molecule has 0 saturated carbocycles. The third kappa shape index (κ3) is 9.00. The largest absolute Gasteiger partial charge is 0.440 e. The van der Waals surface area contributed by atoms with Gasteiger partial charge in [-0.25, -0.2) is 4.79 Å². The molecule has 9 heteroatoms. The predicted octanol–water partition coefficient (Wildman–Crippen LogP) is 1.02. The van der Waals surface area contributed by atoms with E-state index in [0.29, 0.717) is 0 Å². The van der Waals surface area contributed by atoms with Crippen molar-refractivity contribution in [3.05, 3.63) is 35.9 Å². The molecule has 4 N–H and O–H groups in total. The molecule has 0 bridgehead atoms. The summed E-state index contributed by atoms with van der Waals surface area (Å²) in [6, 6.07) is 8.45. The summed E-state index contributed by atoms with van der Waals surface area (Å²) in [6.07, 6.45) is -0.780. The monoisotopic (exact) mass is 405 g/mol. The summed E-state index contributed by atoms with van der Waals surface area (Å²) in [5.74, 6) is -2.20. The number of Topliss-reactive ketones (excluding diaryl/α,β-unsaturated/α-hetero) is 2. The molecule has 0 aromatic heterocycles. The number of ketones is 2. The van der Waals surface area contributed by atoms with Gasteiger partial charge in [0.05, 0.1) is 12.6 Å². The maximum absolute atomic E-state index is 12.3. The molecular formula is C20H27N3O6. The molecule has 3 amide bonds. The number of nitrogens with two attached hydrogens (primary N) is 1. The molecule has 9 nitrogen and oxygen atoms in total. The van der Waals surface area contributed by atoms with Crippen LogP contribution < -0.4 is 16.4 Å². The van der Waals surface area contributed by atoms with Crippen LogP contribution in [-0.2, 0) is 23.9 Å². The first-order valence-electron chi connectivity index (χ1n) is 9.11. The summed E-state index contributed by atoms with van der Waals surface area (Å²) in [4.78, 5) is 58.4. The van der Waals surface area contributed by atoms with Gasteiger partial charge in [-0.05, 0) is 12.0 Å². The maximum Gasteiger partial charge on any atom is 0.405 e. The molecule has 158 valence electrons. The molecule has 29 heavy (non-hydrogen) atoms. The summed E-state index contributed by atoms with van der Waals surface area (Å²) in [5, 5.41) is 5.01. The quantitative estimate of drug-likeness (QED) is 0.496. The highest BCUT2D eigenvalue weighted by Gasteiger charge is 2.30. The van der Waals surface area contributed by atoms with Crippen LogP contribution in [0.25, 0.3) is 0 Å². The highest BCUT2D eigenvalue weighted by Crippen LogP contribution is 2.20. The van der Waals surface area contributed by atoms with Gasteiger partial charge in [0.1, 0.15) is 0 Å². The first-order valence-corrected chi connectivity index (χ1v) is 9.11. The highest BCUT2D eigenvalue weighted by molar-refractivity contribution is 6.37. The van der Waals surface area contributed by atoms with E-state index < -0.39 is 41.8 Å². The standard InChI is InChI=1S/C20H27N3O6/c1-20(2,3)17(26)18(27)23-15(13-7-5-4-6-8-13)10-9-14(24)11-22-16(25)12-29-19(21)28/h4-8,15H,9-12H2,1-3H3,(H2,21,28)(H,22,25)(H,23,27). The van der Waals surface area contributed by atoms with Crippen molar-refractivity contribution in [2.75, 3.05) is 13.2 Å². The van der Waals surface area contributed by atoms with Crippen LogP contribution in [0.3, 0.4) is 0 Å². The lowest BCUT2D eigenvalue weighted by molar-refractivity contribution is -0.142. The van der Waals surface area contributed by atoms with Crippen LogP contribution in [0.4, 0.5) is 4.79 Å². The number of carbonyl (C=O) groups is 5. The normalized spacial score (nSPS) is 11.8. The fourth-order valence-corrected chi connectivity index (χ4v) is 2.35. The molecule has 1 rings (SSSR count). The van der Waals surface area contributed by atoms with Crippen LogP contribution in [0.2, 0.25) is 0 Å². The molecule has 1 aromatic carbocycles. The number of benzene rings is 1. The Hall–Kier alpha value is -3.23. The summed E-state index contributed by atoms with van der Waals surface area (Å²) < 4.78 is 4.32. The number of primary amides is 1. The van der Waals surface area contributed by atoms with Crippen molar-refractivity contribution >= 4 is 29.5 Å². The van der Waals surface area contributed by atoms with Gasteiger partial charge >= 0.3 is 6.09 Å². The Kier molecular flexibility index (Phi) is 8.98. The van der Waals surface area contributed by atoms with Gasteiger partial charge in [0.15, 0.2) is 12.4 Å². The van der Waals surface area contributed by atoms with E-state index in [9.17, 15) is 24.0 Å². The third-order valence-corrected chi connectivity index (χ3v) is 3.93. The number of carbonyl (C=O) groups excluding carboxylic acids is 5. The third-order valence-electron chi connectivity index (χ3n) is 3.93. The smallest absolute Gasteiger partial charge is 0.405 e. The lowest BCUT2D eigenvalue weighted by Crippen LogP contribution is -2.40. The second kappa shape index (κ2) is 10.9. The zero-order valence-electron chi connectivity index (χ0n) is 16.8. The van der Waals surface area contributed by atoms with Gasteiger partial charge in [-0.15, -0.1) is 0 Å². The summed E-state index contributed by atoms with van der Waals surface area (Å²) in [7, 11) is 0. The zero-order valence-corrected chi connectivity index (χ0v) is 16.8. The Balaban J connectivity index is 2.66. The minimum atomic E-state index is -1.09. The summed E-state index contributed by atoms with van der Waals surface area (Å²) in [6.45, 7) is 4.14. The number of nitrogens with one attached hydrogen (secondary N) is 2. The Morgan fingerprint density at radius 2 is 1.69 bits per heavy atom. The van der Waals surface area contributed by atoms with Crippen molar-refractivity contribution in [2.45, 2.75) is 39.7 Å². The average molecular weight is 405 g/mol. The van der Waals surface area contributed by atoms with Gasteiger partial charge in [0, 0.05) is 11.8 Å². The van der Waals surface area contributed by atoms with Gasteiger partial charge in [-0.3, -0.25) is 19.2 Å². The highest BCUT2D eigenvalue weighted by atomic mass is 16.5. The number of rotatable bonds is 10. The molecule has 0 aliphatic carbocycles. The molecule has 0 heterocycles. The van der Waals surface area contributed by atoms with Crippen LogP contribution in [0.1, 0.15) is 45.2 Å². The van der Waals surface area contributed by atoms with E-state index in [-0.39, 0.29) is 25.2 Å². The Morgan fingerprint density at radius 3 is 2.24 bits per heavy atom. The summed E-state index contributed by atoms with van der Waals surface area (Å²) >= 11 is 0. The molecule has 1 aromatic rings. The molecule has 0 fully saturated rings. The number of ether oxygens (including phenoxy) is 1. The van der Waals surface area contributed by atoms with E-state index in [2.05, 4.69) is 15.4 Å². The van der Waals surface area contributed by atoms with Crippen LogP contribution in [0.5, 0.6) is 0 Å². The van der Waals surface area contributed by atoms with Crippen molar-refractivity contribution in [3.8, 4) is 0 Å². The van der Waals surface area contributed by atoms with Crippen molar-refractivity contribution in [3.63, 3.8) is 0 Å². The molecule has 0 aliphatic rings. The minimum Gasteiger partial charge on any atom is -0.440 e. The second-order valence-corrected chi connectivity index (χ2v) is 7.48. The van der Waals surface area contributed by atoms with Crippen LogP contribution in [-0.4, -0.2) is 42.6 Å². The first kappa shape index (κ1) is 23.8. The van der Waals surface area contributed by atoms with Crippen molar-refractivity contribution in [1.29, 1.82) is 0 Å². The second-order valence-electron chi connectivity index (χ2n) is 7.48. The van der Waals surface area contributed by atoms with Crippen LogP contribution >= 0.6 is 0 Å². The van der Waals surface area contributed by atoms with E-state index in [1.165, 1.54) is 0 Å². The molecule has 1 unspecified atom stereocenters. The topological polar surface area (TPSA) is 145 Å². The van der Waals surface area contributed by atoms with Crippen molar-refractivity contribution in [2.24, 2.45) is 11.1 Å². The first-order chi connectivity index (χ1) is 13.5. The Bertz CT molecular complexity index is 755. The molecular weight excluding hydrogens is 378 g/mol. The minimum absolute atomic E-state index is 0.0561. The fraction of sp³-hybridized carbons (Fsp3) is 0.450. The van der Waals surface area contributed by atoms with E-state index in [1.54, 1.807) is 45.0 Å². The Labute approximate surface area is 169 Å². The summed E-state index contributed by atoms with van der Waals surface area (Å²) in [5.41, 5.74) is 4.69. The van der Waals surface area contributed by atoms with Gasteiger partial charge in [0.25, 0.3) is 11.8 Å². The molecule has 0 saturated heterocycles. The van der Waals surface area contributed by atoms with E-state index in [1.807, 2.05) is 6.07 Å². The van der Waals surface area contributed by atoms with Crippen molar-refractivity contribution < 1.29 is 28.7 Å². The number of amides is 3. The van der Waals surface area contributed by atoms with Crippen LogP contribution in [0, 0.1) is 5.41 Å². The SMILES string of the molecule is CC(C)(C)C(=O)C(=O)NC(CCC(=O)CNC(=O)COC(N)=O)c1ccccc1. The molecule has 0 spiro atoms. The van der Waals surface area contributed by atoms with E-state index in [0.717, 1.165) is 5.56 Å². The molecule has 1 atom stereocenters. The van der Waals surface area contributed by atoms with Gasteiger partial charge in [0.2, 0.25) is 5.78 Å². The fourth-order valence-electron chi connectivity index (χ4n) is 2.35. The van der Waals surface area contributed by atoms with Gasteiger partial charge in [-0.1, -0.05) is 51.1 Å². The predicted molar refractivity (Wildman–Crippen MR) is 105 cm³/mol. The lowest BCUT2D eigenvalue weighted by Gasteiger charge is -2.22. The van der Waals surface area contributed by atoms with E-state index in [4.69, 9.17) is 5.73 Å². The van der Waals surface area contributed by atoms with Gasteiger partial charge < -0.3 is 21.1 Å². The average Bonchev–Trinajstić information content (AvgIpc) is 2.66. The maximum atomic E-state index is 12.3. The van der Waals surface area contributed by atoms with Crippen LogP contribution in [0.15, 0.2) is 30.3 Å². The zero-order chi connectivity index (χ0) is 22.0. The molecule has 0 aliphatic heterocycles. The van der Waals surface area contributed by atoms with Gasteiger partial charge in [-0.2, -0.15) is 0 Å². The van der Waals surface area contributed by atoms with Crippen molar-refractivity contribution in [1.82, 2.24) is 10.6 Å². The lowest BCUT2D eigenvalue weighted by atomic mass is 9.90. The van der Waals surface area contributed by atoms with E-state index >= 15 is 0 Å².